The molecule has 0 amide bonds. The molecule has 8 heteroatoms. The van der Waals surface area contributed by atoms with E-state index in [2.05, 4.69) is 16.6 Å². The molecule has 0 saturated carbocycles. The van der Waals surface area contributed by atoms with Crippen LogP contribution in [0.4, 0.5) is 5.69 Å². The molecular formula is C17H17ClN2O2S3. The van der Waals surface area contributed by atoms with Crippen LogP contribution < -0.4 is 4.72 Å². The van der Waals surface area contributed by atoms with Crippen LogP contribution in [0.25, 0.3) is 10.6 Å². The first-order valence-corrected chi connectivity index (χ1v) is 11.2. The van der Waals surface area contributed by atoms with Gasteiger partial charge in [-0.2, -0.15) is 0 Å². The van der Waals surface area contributed by atoms with Crippen LogP contribution in [-0.2, 0) is 16.4 Å². The number of benzene rings is 1. The van der Waals surface area contributed by atoms with E-state index >= 15 is 0 Å². The molecule has 3 aromatic rings. The van der Waals surface area contributed by atoms with Gasteiger partial charge in [0, 0.05) is 15.3 Å². The van der Waals surface area contributed by atoms with Crippen molar-refractivity contribution in [3.8, 4) is 10.6 Å². The number of hydrogen-bond acceptors (Lipinski definition) is 5. The van der Waals surface area contributed by atoms with Gasteiger partial charge in [-0.15, -0.1) is 22.7 Å². The summed E-state index contributed by atoms with van der Waals surface area (Å²) in [5, 5.41) is 3.53. The third-order valence-electron chi connectivity index (χ3n) is 3.78. The number of nitrogens with one attached hydrogen (secondary N) is 1. The summed E-state index contributed by atoms with van der Waals surface area (Å²) < 4.78 is 28.3. The van der Waals surface area contributed by atoms with Crippen LogP contribution in [0.3, 0.4) is 0 Å². The van der Waals surface area contributed by atoms with E-state index in [-0.39, 0.29) is 4.90 Å². The first-order valence-electron chi connectivity index (χ1n) is 7.65. The van der Waals surface area contributed by atoms with Gasteiger partial charge in [-0.05, 0) is 44.0 Å². The number of thiazole rings is 1. The summed E-state index contributed by atoms with van der Waals surface area (Å²) in [5.41, 5.74) is 2.02. The van der Waals surface area contributed by atoms with E-state index in [9.17, 15) is 8.42 Å². The summed E-state index contributed by atoms with van der Waals surface area (Å²) in [6.45, 7) is 5.64. The Morgan fingerprint density at radius 1 is 1.28 bits per heavy atom. The Bertz CT molecular complexity index is 1020. The third-order valence-corrected chi connectivity index (χ3v) is 7.88. The number of thiophene rings is 1. The smallest absolute Gasteiger partial charge is 0.263 e. The fourth-order valence-corrected chi connectivity index (χ4v) is 6.03. The Balaban J connectivity index is 1.96. The minimum Gasteiger partial charge on any atom is -0.279 e. The van der Waals surface area contributed by atoms with Crippen molar-refractivity contribution in [3.63, 3.8) is 0 Å². The zero-order valence-electron chi connectivity index (χ0n) is 14.0. The van der Waals surface area contributed by atoms with Gasteiger partial charge in [-0.3, -0.25) is 4.72 Å². The topological polar surface area (TPSA) is 59.1 Å². The molecule has 4 nitrogen and oxygen atoms in total. The van der Waals surface area contributed by atoms with Crippen molar-refractivity contribution >= 4 is 50.0 Å². The molecule has 0 unspecified atom stereocenters. The summed E-state index contributed by atoms with van der Waals surface area (Å²) in [4.78, 5) is 6.41. The highest BCUT2D eigenvalue weighted by Crippen LogP contribution is 2.35. The number of hydrogen-bond donors (Lipinski definition) is 1. The van der Waals surface area contributed by atoms with Gasteiger partial charge >= 0.3 is 0 Å². The van der Waals surface area contributed by atoms with E-state index in [1.807, 2.05) is 5.38 Å². The largest absolute Gasteiger partial charge is 0.279 e. The fourth-order valence-electron chi connectivity index (χ4n) is 2.36. The molecule has 0 aliphatic carbocycles. The molecule has 0 saturated heterocycles. The minimum absolute atomic E-state index is 0.276. The molecular weight excluding hydrogens is 396 g/mol. The standard InChI is InChI=1S/C17H17ClN2O2S3/c1-4-17-19-14(9-23-17)15-8-16(11(3)24-15)25(21,22)20-13-7-5-6-12(18)10(13)2/h5-9,20H,4H2,1-3H3. The summed E-state index contributed by atoms with van der Waals surface area (Å²) in [5.74, 6) is 0. The molecule has 1 aromatic carbocycles. The Morgan fingerprint density at radius 2 is 2.04 bits per heavy atom. The second-order valence-corrected chi connectivity index (χ2v) is 9.79. The van der Waals surface area contributed by atoms with Crippen molar-refractivity contribution in [2.75, 3.05) is 4.72 Å². The van der Waals surface area contributed by atoms with Crippen molar-refractivity contribution < 1.29 is 8.42 Å². The van der Waals surface area contributed by atoms with Crippen LogP contribution in [0.15, 0.2) is 34.5 Å². The van der Waals surface area contributed by atoms with Gasteiger partial charge in [0.1, 0.15) is 4.90 Å². The van der Waals surface area contributed by atoms with E-state index in [1.54, 1.807) is 49.4 Å². The maximum Gasteiger partial charge on any atom is 0.263 e. The van der Waals surface area contributed by atoms with E-state index < -0.39 is 10.0 Å². The second-order valence-electron chi connectivity index (χ2n) is 5.53. The van der Waals surface area contributed by atoms with E-state index in [0.29, 0.717) is 16.3 Å². The zero-order valence-corrected chi connectivity index (χ0v) is 17.2. The number of aromatic nitrogens is 1. The maximum atomic E-state index is 12.8. The quantitative estimate of drug-likeness (QED) is 0.601. The first-order chi connectivity index (χ1) is 11.8. The molecule has 2 aromatic heterocycles. The molecule has 25 heavy (non-hydrogen) atoms. The molecule has 0 fully saturated rings. The minimum atomic E-state index is -3.69. The lowest BCUT2D eigenvalue weighted by atomic mass is 10.2. The van der Waals surface area contributed by atoms with Gasteiger partial charge in [0.25, 0.3) is 10.0 Å². The van der Waals surface area contributed by atoms with E-state index in [0.717, 1.165) is 26.9 Å². The maximum absolute atomic E-state index is 12.8. The van der Waals surface area contributed by atoms with Crippen molar-refractivity contribution in [1.29, 1.82) is 0 Å². The number of sulfonamides is 1. The van der Waals surface area contributed by atoms with E-state index in [1.165, 1.54) is 11.3 Å². The average Bonchev–Trinajstić information content (AvgIpc) is 3.18. The summed E-state index contributed by atoms with van der Waals surface area (Å²) >= 11 is 9.10. The first kappa shape index (κ1) is 18.4. The molecule has 0 atom stereocenters. The van der Waals surface area contributed by atoms with Crippen LogP contribution in [0.1, 0.15) is 22.4 Å². The monoisotopic (exact) mass is 412 g/mol. The molecule has 3 rings (SSSR count). The number of aryl methyl sites for hydroxylation is 2. The Kier molecular flexibility index (Phi) is 5.20. The number of rotatable bonds is 5. The van der Waals surface area contributed by atoms with Crippen LogP contribution in [-0.4, -0.2) is 13.4 Å². The van der Waals surface area contributed by atoms with Gasteiger partial charge in [0.15, 0.2) is 0 Å². The lowest BCUT2D eigenvalue weighted by molar-refractivity contribution is 0.601. The van der Waals surface area contributed by atoms with Crippen molar-refractivity contribution in [2.45, 2.75) is 32.1 Å². The molecule has 0 spiro atoms. The summed E-state index contributed by atoms with van der Waals surface area (Å²) in [7, 11) is -3.69. The van der Waals surface area contributed by atoms with Crippen LogP contribution in [0.2, 0.25) is 5.02 Å². The third kappa shape index (κ3) is 3.74. The molecule has 0 aliphatic rings. The fraction of sp³-hybridized carbons (Fsp3) is 0.235. The van der Waals surface area contributed by atoms with Crippen molar-refractivity contribution in [1.82, 2.24) is 4.98 Å². The van der Waals surface area contributed by atoms with Crippen LogP contribution in [0.5, 0.6) is 0 Å². The second kappa shape index (κ2) is 7.07. The molecule has 0 aliphatic heterocycles. The van der Waals surface area contributed by atoms with E-state index in [4.69, 9.17) is 11.6 Å². The van der Waals surface area contributed by atoms with Gasteiger partial charge in [0.05, 0.1) is 21.3 Å². The molecule has 0 radical (unpaired) electrons. The number of anilines is 1. The molecule has 1 N–H and O–H groups in total. The van der Waals surface area contributed by atoms with Crippen molar-refractivity contribution in [3.05, 3.63) is 50.1 Å². The van der Waals surface area contributed by atoms with Gasteiger partial charge in [0.2, 0.25) is 0 Å². The SMILES string of the molecule is CCc1nc(-c2cc(S(=O)(=O)Nc3cccc(Cl)c3C)c(C)s2)cs1. The lowest BCUT2D eigenvalue weighted by Crippen LogP contribution is -2.14. The van der Waals surface area contributed by atoms with Crippen molar-refractivity contribution in [2.24, 2.45) is 0 Å². The van der Waals surface area contributed by atoms with Gasteiger partial charge in [-0.1, -0.05) is 24.6 Å². The van der Waals surface area contributed by atoms with Gasteiger partial charge in [-0.25, -0.2) is 13.4 Å². The summed E-state index contributed by atoms with van der Waals surface area (Å²) in [6, 6.07) is 6.85. The molecule has 132 valence electrons. The normalized spacial score (nSPS) is 11.7. The highest BCUT2D eigenvalue weighted by molar-refractivity contribution is 7.93. The summed E-state index contributed by atoms with van der Waals surface area (Å²) in [6.07, 6.45) is 0.871. The lowest BCUT2D eigenvalue weighted by Gasteiger charge is -2.11. The van der Waals surface area contributed by atoms with Crippen LogP contribution >= 0.6 is 34.3 Å². The number of halogens is 1. The highest BCUT2D eigenvalue weighted by atomic mass is 35.5. The number of nitrogens with zero attached hydrogens (tertiary/aromatic N) is 1. The highest BCUT2D eigenvalue weighted by Gasteiger charge is 2.22. The molecule has 0 bridgehead atoms. The Labute approximate surface area is 160 Å². The zero-order chi connectivity index (χ0) is 18.2. The predicted octanol–water partition coefficient (Wildman–Crippen LogP) is 5.51. The average molecular weight is 413 g/mol. The van der Waals surface area contributed by atoms with Gasteiger partial charge < -0.3 is 0 Å². The Morgan fingerprint density at radius 3 is 2.72 bits per heavy atom. The predicted molar refractivity (Wildman–Crippen MR) is 107 cm³/mol. The Hall–Kier alpha value is -1.41. The molecule has 2 heterocycles. The van der Waals surface area contributed by atoms with Crippen LogP contribution in [0, 0.1) is 13.8 Å².